The van der Waals surface area contributed by atoms with E-state index in [1.54, 1.807) is 0 Å². The molecule has 0 saturated carbocycles. The Kier molecular flexibility index (Phi) is 64.0. The van der Waals surface area contributed by atoms with Gasteiger partial charge in [-0.2, -0.15) is 0 Å². The summed E-state index contributed by atoms with van der Waals surface area (Å²) in [5.41, 5.74) is 0. The Morgan fingerprint density at radius 2 is 1.25 bits per heavy atom. The quantitative estimate of drug-likeness (QED) is 0.277. The molecule has 0 aliphatic carbocycles. The molecule has 33 valence electrons. The molecule has 0 aliphatic heterocycles. The van der Waals surface area contributed by atoms with Gasteiger partial charge in [0.1, 0.15) is 0 Å². The minimum atomic E-state index is 0. The Hall–Kier alpha value is 3.23. The molecule has 0 aromatic rings. The predicted octanol–water partition coefficient (Wildman–Crippen LogP) is -2.75. The monoisotopic (exact) mass is 573 g/mol. The van der Waals surface area contributed by atoms with Gasteiger partial charge in [-0.1, -0.05) is 0 Å². The van der Waals surface area contributed by atoms with Crippen molar-refractivity contribution in [2.24, 2.45) is 0 Å². The van der Waals surface area contributed by atoms with Crippen molar-refractivity contribution < 1.29 is 22.4 Å². The molecule has 4 heavy (non-hydrogen) atoms. The van der Waals surface area contributed by atoms with Crippen molar-refractivity contribution in [2.45, 2.75) is 0 Å². The van der Waals surface area contributed by atoms with E-state index in [9.17, 15) is 0 Å². The Morgan fingerprint density at radius 3 is 1.25 bits per heavy atom. The van der Waals surface area contributed by atoms with Gasteiger partial charge in [0, 0.05) is 22.4 Å². The Labute approximate surface area is 83.9 Å². The summed E-state index contributed by atoms with van der Waals surface area (Å²) >= 11 is 3.28. The first-order valence-electron chi connectivity index (χ1n) is 0.258. The minimum absolute atomic E-state index is 0. The van der Waals surface area contributed by atoms with Gasteiger partial charge in [0.2, 0.25) is 0 Å². The van der Waals surface area contributed by atoms with Crippen LogP contribution >= 0.6 is 0 Å². The topological polar surface area (TPSA) is 0 Å². The average molecular weight is 572 g/mol. The van der Waals surface area contributed by atoms with Crippen molar-refractivity contribution in [1.82, 2.24) is 0 Å². The molecule has 0 fully saturated rings. The summed E-state index contributed by atoms with van der Waals surface area (Å²) in [7, 11) is 0. The summed E-state index contributed by atoms with van der Waals surface area (Å²) in [5.74, 6) is 0. The zero-order valence-electron chi connectivity index (χ0n) is 2.03. The Bertz CT molecular complexity index is 8.00. The second-order valence-corrected chi connectivity index (χ2v) is 0. The second-order valence-electron chi connectivity index (χ2n) is 0. The molecule has 0 nitrogen and oxygen atoms in total. The summed E-state index contributed by atoms with van der Waals surface area (Å²) < 4.78 is 0. The molecule has 0 spiro atoms. The molecule has 0 aromatic heterocycles. The van der Waals surface area contributed by atoms with E-state index in [-0.39, 0.29) is 48.6 Å². The summed E-state index contributed by atoms with van der Waals surface area (Å²) in [6.07, 6.45) is 0. The van der Waals surface area contributed by atoms with Gasteiger partial charge >= 0.3 is 63.5 Å². The van der Waals surface area contributed by atoms with Gasteiger partial charge in [0.05, 0.1) is 0 Å². The first kappa shape index (κ1) is 15.7. The molecule has 0 saturated heterocycles. The zero-order chi connectivity index (χ0) is 2.00. The van der Waals surface area contributed by atoms with E-state index < -0.39 is 0 Å². The zero-order valence-corrected chi connectivity index (χ0v) is 14.9. The molecular weight excluding hydrogens is 566 g/mol. The molecule has 0 unspecified atom stereocenters. The van der Waals surface area contributed by atoms with Crippen LogP contribution in [0.1, 0.15) is 0 Å². The maximum atomic E-state index is 1.88. The van der Waals surface area contributed by atoms with Crippen LogP contribution in [0.5, 0.6) is 0 Å². The predicted molar refractivity (Wildman–Crippen MR) is 25.6 cm³/mol. The van der Waals surface area contributed by atoms with Crippen molar-refractivity contribution >= 4 is 63.5 Å². The molecule has 0 aromatic carbocycles. The van der Waals surface area contributed by atoms with Gasteiger partial charge in [-0.15, -0.1) is 0 Å². The molecular formula is H6AgBiSbTe. The van der Waals surface area contributed by atoms with E-state index in [1.165, 1.54) is 19.1 Å². The van der Waals surface area contributed by atoms with Crippen LogP contribution in [0, 0.1) is 0 Å². The van der Waals surface area contributed by atoms with Crippen molar-refractivity contribution in [3.63, 3.8) is 0 Å². The van der Waals surface area contributed by atoms with Gasteiger partial charge in [0.15, 0.2) is 0 Å². The van der Waals surface area contributed by atoms with Gasteiger partial charge in [-0.3, -0.25) is 0 Å². The van der Waals surface area contributed by atoms with Crippen molar-refractivity contribution in [2.75, 3.05) is 0 Å². The van der Waals surface area contributed by atoms with E-state index in [0.717, 1.165) is 0 Å². The first-order chi connectivity index (χ1) is 1.00. The summed E-state index contributed by atoms with van der Waals surface area (Å²) in [6.45, 7) is 0. The van der Waals surface area contributed by atoms with Crippen LogP contribution in [0.2, 0.25) is 0 Å². The first-order valence-corrected chi connectivity index (χ1v) is 11.6. The molecule has 0 bridgehead atoms. The van der Waals surface area contributed by atoms with Crippen molar-refractivity contribution in [1.29, 1.82) is 0 Å². The second kappa shape index (κ2) is 16.3. The molecule has 0 rings (SSSR count). The summed E-state index contributed by atoms with van der Waals surface area (Å²) in [5, 5.41) is 0. The van der Waals surface area contributed by atoms with E-state index in [2.05, 4.69) is 0 Å². The van der Waals surface area contributed by atoms with Gasteiger partial charge in [-0.25, -0.2) is 0 Å². The molecule has 0 aliphatic rings. The Balaban J connectivity index is -0.00000000500. The van der Waals surface area contributed by atoms with Crippen LogP contribution < -0.4 is 0 Å². The number of rotatable bonds is 0. The summed E-state index contributed by atoms with van der Waals surface area (Å²) in [6, 6.07) is 0. The third-order valence-corrected chi connectivity index (χ3v) is 0. The fourth-order valence-electron chi connectivity index (χ4n) is 0. The molecule has 0 amide bonds. The van der Waals surface area contributed by atoms with E-state index in [4.69, 9.17) is 0 Å². The van der Waals surface area contributed by atoms with Crippen LogP contribution in [-0.4, -0.2) is 63.5 Å². The third kappa shape index (κ3) is 8.97. The fourth-order valence-corrected chi connectivity index (χ4v) is 0. The summed E-state index contributed by atoms with van der Waals surface area (Å²) in [4.78, 5) is 0. The molecule has 4 heteroatoms. The van der Waals surface area contributed by atoms with Crippen LogP contribution in [-0.2, 0) is 22.4 Å². The van der Waals surface area contributed by atoms with Gasteiger partial charge < -0.3 is 0 Å². The SMILES string of the molecule is [Ag].[BiH3].[SbH2][TeH]. The van der Waals surface area contributed by atoms with Gasteiger partial charge in [-0.05, 0) is 0 Å². The molecule has 0 atom stereocenters. The third-order valence-electron chi connectivity index (χ3n) is 0. The van der Waals surface area contributed by atoms with Crippen LogP contribution in [0.15, 0.2) is 0 Å². The number of hydrogen-bond acceptors (Lipinski definition) is 0. The van der Waals surface area contributed by atoms with Crippen molar-refractivity contribution in [3.8, 4) is 0 Å². The van der Waals surface area contributed by atoms with E-state index >= 15 is 0 Å². The van der Waals surface area contributed by atoms with Crippen LogP contribution in [0.25, 0.3) is 0 Å². The van der Waals surface area contributed by atoms with Crippen LogP contribution in [0.4, 0.5) is 0 Å². The average Bonchev–Trinajstić information content (AvgIpc) is 1.00. The maximum absolute atomic E-state index is 1.88. The standard InChI is InChI=1S/Ag.Bi.Sb.H2Te.5H/h;;;1H2;;;;;/q;;+1;;;;;;/p-1. The Morgan fingerprint density at radius 1 is 1.25 bits per heavy atom. The van der Waals surface area contributed by atoms with Crippen molar-refractivity contribution in [3.05, 3.63) is 0 Å². The fraction of sp³-hybridized carbons (Fsp3) is 0. The van der Waals surface area contributed by atoms with Gasteiger partial charge in [0.25, 0.3) is 0 Å². The van der Waals surface area contributed by atoms with Crippen LogP contribution in [0.3, 0.4) is 0 Å². The normalized spacial score (nSPS) is 1.50. The number of hydrogen-bond donors (Lipinski definition) is 0. The molecule has 0 N–H and O–H groups in total. The van der Waals surface area contributed by atoms with E-state index in [0.29, 0.717) is 0 Å². The van der Waals surface area contributed by atoms with E-state index in [1.807, 2.05) is 18.2 Å². The molecule has 1 radical (unpaired) electrons. The molecule has 0 heterocycles.